The highest BCUT2D eigenvalue weighted by molar-refractivity contribution is 8.01. The Morgan fingerprint density at radius 1 is 1.57 bits per heavy atom. The van der Waals surface area contributed by atoms with Crippen LogP contribution < -0.4 is 0 Å². The summed E-state index contributed by atoms with van der Waals surface area (Å²) in [6.07, 6.45) is -0.327. The second-order valence-electron chi connectivity index (χ2n) is 6.50. The molecule has 7 heteroatoms. The lowest BCUT2D eigenvalue weighted by atomic mass is 9.97. The van der Waals surface area contributed by atoms with E-state index < -0.39 is 20.7 Å². The maximum absolute atomic E-state index is 8.16. The van der Waals surface area contributed by atoms with Crippen molar-refractivity contribution in [3.8, 4) is 0 Å². The molecule has 0 aromatic heterocycles. The van der Waals surface area contributed by atoms with E-state index in [2.05, 4.69) is 37.2 Å². The Bertz CT molecular complexity index is 488. The van der Waals surface area contributed by atoms with E-state index in [1.165, 1.54) is 0 Å². The number of rotatable bonds is 8. The molecule has 2 heterocycles. The Kier molecular flexibility index (Phi) is 5.76. The average molecular weight is 363 g/mol. The van der Waals surface area contributed by atoms with Crippen LogP contribution in [0.15, 0.2) is 0 Å². The third kappa shape index (κ3) is 4.03. The van der Waals surface area contributed by atoms with Crippen LogP contribution in [0.25, 0.3) is 4.85 Å². The summed E-state index contributed by atoms with van der Waals surface area (Å²) in [4.78, 5) is 3.36. The van der Waals surface area contributed by atoms with Crippen LogP contribution in [-0.2, 0) is 13.8 Å². The Balaban J connectivity index is 2.22. The zero-order valence-corrected chi connectivity index (χ0v) is 16.3. The second kappa shape index (κ2) is 7.99. The van der Waals surface area contributed by atoms with Gasteiger partial charge < -0.3 is 18.6 Å². The van der Waals surface area contributed by atoms with Crippen molar-refractivity contribution in [2.75, 3.05) is 19.7 Å². The van der Waals surface area contributed by atoms with Gasteiger partial charge in [0.05, 0.1) is 13.2 Å². The predicted molar refractivity (Wildman–Crippen MR) is 96.5 cm³/mol. The number of hydrogen-bond acceptors (Lipinski definition) is 5. The highest BCUT2D eigenvalue weighted by atomic mass is 32.2. The van der Waals surface area contributed by atoms with Crippen LogP contribution >= 0.6 is 20.3 Å². The van der Waals surface area contributed by atoms with Gasteiger partial charge in [0.25, 0.3) is 8.53 Å². The van der Waals surface area contributed by atoms with Crippen molar-refractivity contribution >= 4 is 20.3 Å². The molecule has 0 radical (unpaired) electrons. The average Bonchev–Trinajstić information content (AvgIpc) is 2.94. The minimum Gasteiger partial charge on any atom is -0.370 e. The first-order valence-corrected chi connectivity index (χ1v) is 10.1. The summed E-state index contributed by atoms with van der Waals surface area (Å²) in [6.45, 7) is 17.4. The van der Waals surface area contributed by atoms with E-state index in [4.69, 9.17) is 23.1 Å². The first kappa shape index (κ1) is 16.6. The number of ether oxygens (including phenoxy) is 1. The molecule has 2 aliphatic rings. The van der Waals surface area contributed by atoms with E-state index in [9.17, 15) is 0 Å². The zero-order valence-electron chi connectivity index (χ0n) is 16.6. The summed E-state index contributed by atoms with van der Waals surface area (Å²) in [5, 5.41) is 0.0178. The standard InChI is InChI=1S/C16H29N2O3PS/c1-11(2)18(12(3)4)22(20-9-8-17-7)21-15-14-10-19-16(15,6)13(5)23-14/h11-15H,8-10H2,1-6H3/t13-,14-,15-,16-,22?/m0/s1/i6D,10T/t10-,13-,14-,15-,16-,22?. The molecule has 2 bridgehead atoms. The van der Waals surface area contributed by atoms with E-state index >= 15 is 0 Å². The van der Waals surface area contributed by atoms with E-state index in [1.807, 2.05) is 6.92 Å². The fourth-order valence-corrected chi connectivity index (χ4v) is 6.25. The van der Waals surface area contributed by atoms with Crippen molar-refractivity contribution in [1.29, 1.82) is 0 Å². The van der Waals surface area contributed by atoms with Crippen molar-refractivity contribution < 1.29 is 16.5 Å². The number of hydrogen-bond donors (Lipinski definition) is 0. The summed E-state index contributed by atoms with van der Waals surface area (Å²) in [5.74, 6) is 0. The Hall–Kier alpha value is 0.110. The molecular weight excluding hydrogens is 331 g/mol. The van der Waals surface area contributed by atoms with Gasteiger partial charge in [-0.3, -0.25) is 0 Å². The molecule has 0 spiro atoms. The molecule has 2 saturated heterocycles. The molecule has 0 amide bonds. The highest BCUT2D eigenvalue weighted by Gasteiger charge is 2.59. The molecule has 0 aliphatic carbocycles. The van der Waals surface area contributed by atoms with E-state index in [0.29, 0.717) is 13.2 Å². The maximum Gasteiger partial charge on any atom is 0.259 e. The van der Waals surface area contributed by atoms with Crippen molar-refractivity contribution in [3.63, 3.8) is 0 Å². The monoisotopic (exact) mass is 363 g/mol. The van der Waals surface area contributed by atoms with E-state index in [-0.39, 0.29) is 35.6 Å². The Morgan fingerprint density at radius 3 is 2.83 bits per heavy atom. The molecule has 2 aliphatic heterocycles. The summed E-state index contributed by atoms with van der Waals surface area (Å²) < 4.78 is 36.7. The minimum absolute atomic E-state index is 0.0757. The SMILES string of the molecule is [2H]C[C@]12O[C@@H]([3H])[C@H](S[C@H]1C)[C@@H]2OP(OCC[N+]#[C-])N(C(C)C)C(C)C. The maximum atomic E-state index is 8.16. The van der Waals surface area contributed by atoms with Gasteiger partial charge in [-0.05, 0) is 34.6 Å². The summed E-state index contributed by atoms with van der Waals surface area (Å²) in [6, 6.07) is 0.450. The predicted octanol–water partition coefficient (Wildman–Crippen LogP) is 3.95. The van der Waals surface area contributed by atoms with Gasteiger partial charge in [-0.25, -0.2) is 11.2 Å². The van der Waals surface area contributed by atoms with Gasteiger partial charge in [0.15, 0.2) is 0 Å². The first-order chi connectivity index (χ1) is 11.8. The Labute approximate surface area is 149 Å². The van der Waals surface area contributed by atoms with E-state index in [1.54, 1.807) is 11.8 Å². The van der Waals surface area contributed by atoms with E-state index in [0.717, 1.165) is 0 Å². The molecular formula is C16H29N2O3PS. The van der Waals surface area contributed by atoms with Gasteiger partial charge in [-0.2, -0.15) is 0 Å². The third-order valence-electron chi connectivity index (χ3n) is 4.11. The smallest absolute Gasteiger partial charge is 0.259 e. The number of thioether (sulfide) groups is 1. The molecule has 2 fully saturated rings. The molecule has 132 valence electrons. The van der Waals surface area contributed by atoms with Gasteiger partial charge in [0.1, 0.15) is 18.3 Å². The summed E-state index contributed by atoms with van der Waals surface area (Å²) in [5.41, 5.74) is -0.745. The molecule has 1 unspecified atom stereocenters. The number of nitrogens with zero attached hydrogens (tertiary/aromatic N) is 2. The highest BCUT2D eigenvalue weighted by Crippen LogP contribution is 2.57. The topological polar surface area (TPSA) is 35.3 Å². The van der Waals surface area contributed by atoms with Crippen LogP contribution in [0.1, 0.15) is 44.3 Å². The van der Waals surface area contributed by atoms with Crippen molar-refractivity contribution in [1.82, 2.24) is 4.67 Å². The van der Waals surface area contributed by atoms with Crippen molar-refractivity contribution in [2.45, 2.75) is 75.8 Å². The molecule has 0 N–H and O–H groups in total. The molecule has 2 rings (SSSR count). The van der Waals surface area contributed by atoms with Crippen molar-refractivity contribution in [3.05, 3.63) is 11.4 Å². The van der Waals surface area contributed by atoms with Crippen LogP contribution in [0.4, 0.5) is 0 Å². The minimum atomic E-state index is -1.38. The first-order valence-electron chi connectivity index (χ1n) is 9.33. The van der Waals surface area contributed by atoms with Crippen molar-refractivity contribution in [2.24, 2.45) is 0 Å². The normalized spacial score (nSPS) is 38.9. The Morgan fingerprint density at radius 2 is 2.26 bits per heavy atom. The van der Waals surface area contributed by atoms with Gasteiger partial charge in [0.2, 0.25) is 6.54 Å². The lowest BCUT2D eigenvalue weighted by molar-refractivity contribution is -0.0341. The largest absolute Gasteiger partial charge is 0.370 e. The fraction of sp³-hybridized carbons (Fsp3) is 0.938. The zero-order chi connectivity index (χ0) is 18.8. The van der Waals surface area contributed by atoms with Crippen LogP contribution in [0.2, 0.25) is 0 Å². The van der Waals surface area contributed by atoms with Crippen LogP contribution in [0.3, 0.4) is 0 Å². The molecule has 0 saturated carbocycles. The van der Waals surface area contributed by atoms with Crippen LogP contribution in [0, 0.1) is 6.57 Å². The number of fused-ring (bicyclic) bond motifs is 2. The van der Waals surface area contributed by atoms with Gasteiger partial charge >= 0.3 is 0 Å². The molecule has 5 nitrogen and oxygen atoms in total. The molecule has 0 aromatic rings. The van der Waals surface area contributed by atoms with Gasteiger partial charge in [-0.15, -0.1) is 11.8 Å². The second-order valence-corrected chi connectivity index (χ2v) is 9.43. The van der Waals surface area contributed by atoms with Gasteiger partial charge in [-0.1, -0.05) is 6.92 Å². The van der Waals surface area contributed by atoms with Gasteiger partial charge in [0, 0.05) is 18.7 Å². The lowest BCUT2D eigenvalue weighted by Gasteiger charge is -2.38. The quantitative estimate of drug-likeness (QED) is 0.371. The third-order valence-corrected chi connectivity index (χ3v) is 7.70. The lowest BCUT2D eigenvalue weighted by Crippen LogP contribution is -2.43. The van der Waals surface area contributed by atoms with Crippen LogP contribution in [-0.4, -0.2) is 58.7 Å². The molecule has 23 heavy (non-hydrogen) atoms. The molecule has 6 atom stereocenters. The summed E-state index contributed by atoms with van der Waals surface area (Å²) >= 11 is 1.68. The van der Waals surface area contributed by atoms with Crippen LogP contribution in [0.5, 0.6) is 0 Å². The molecule has 0 aromatic carbocycles. The fourth-order valence-electron chi connectivity index (χ4n) is 2.93. The summed E-state index contributed by atoms with van der Waals surface area (Å²) in [7, 11) is -1.38.